The molecule has 88 valence electrons. The minimum absolute atomic E-state index is 0.0271. The molecule has 2 atom stereocenters. The Balaban J connectivity index is 1.93. The minimum atomic E-state index is -0.274. The molecule has 1 unspecified atom stereocenters. The summed E-state index contributed by atoms with van der Waals surface area (Å²) in [7, 11) is 0. The Morgan fingerprint density at radius 3 is 3.25 bits per heavy atom. The lowest BCUT2D eigenvalue weighted by atomic mass is 10.2. The van der Waals surface area contributed by atoms with Crippen LogP contribution in [-0.2, 0) is 9.53 Å². The molecule has 5 heteroatoms. The van der Waals surface area contributed by atoms with Crippen LogP contribution in [0.2, 0.25) is 0 Å². The Kier molecular flexibility index (Phi) is 3.56. The number of H-pyrrole nitrogens is 1. The van der Waals surface area contributed by atoms with Gasteiger partial charge in [0.15, 0.2) is 0 Å². The van der Waals surface area contributed by atoms with Crippen molar-refractivity contribution in [2.45, 2.75) is 38.3 Å². The van der Waals surface area contributed by atoms with E-state index in [1.165, 1.54) is 0 Å². The number of aromatic amines is 1. The number of aromatic nitrogens is 2. The van der Waals surface area contributed by atoms with Crippen molar-refractivity contribution >= 4 is 5.91 Å². The fraction of sp³-hybridized carbons (Fsp3) is 0.636. The first kappa shape index (κ1) is 11.1. The summed E-state index contributed by atoms with van der Waals surface area (Å²) in [6.45, 7) is 2.71. The third-order valence-electron chi connectivity index (χ3n) is 2.80. The molecule has 0 spiro atoms. The molecule has 1 amide bonds. The third-order valence-corrected chi connectivity index (χ3v) is 2.80. The molecule has 1 aliphatic heterocycles. The third kappa shape index (κ3) is 2.41. The van der Waals surface area contributed by atoms with Gasteiger partial charge < -0.3 is 15.0 Å². The maximum Gasteiger partial charge on any atom is 0.249 e. The molecule has 0 saturated carbocycles. The second-order valence-corrected chi connectivity index (χ2v) is 3.95. The van der Waals surface area contributed by atoms with Gasteiger partial charge in [-0.1, -0.05) is 6.92 Å². The van der Waals surface area contributed by atoms with Crippen molar-refractivity contribution in [2.24, 2.45) is 0 Å². The first-order valence-corrected chi connectivity index (χ1v) is 5.72. The van der Waals surface area contributed by atoms with Gasteiger partial charge in [-0.2, -0.15) is 0 Å². The first-order valence-electron chi connectivity index (χ1n) is 5.72. The second kappa shape index (κ2) is 5.12. The fourth-order valence-electron chi connectivity index (χ4n) is 1.88. The number of ether oxygens (including phenoxy) is 1. The van der Waals surface area contributed by atoms with Gasteiger partial charge >= 0.3 is 0 Å². The van der Waals surface area contributed by atoms with Gasteiger partial charge in [0.05, 0.1) is 6.04 Å². The van der Waals surface area contributed by atoms with E-state index in [0.29, 0.717) is 6.61 Å². The van der Waals surface area contributed by atoms with Crippen molar-refractivity contribution in [3.05, 3.63) is 18.2 Å². The predicted octanol–water partition coefficient (Wildman–Crippen LogP) is 1.16. The molecule has 2 rings (SSSR count). The monoisotopic (exact) mass is 223 g/mol. The van der Waals surface area contributed by atoms with E-state index in [1.807, 2.05) is 6.92 Å². The normalized spacial score (nSPS) is 21.9. The molecular formula is C11H17N3O2. The van der Waals surface area contributed by atoms with Crippen molar-refractivity contribution in [3.8, 4) is 0 Å². The van der Waals surface area contributed by atoms with E-state index < -0.39 is 0 Å². The van der Waals surface area contributed by atoms with Gasteiger partial charge in [-0.15, -0.1) is 0 Å². The fourth-order valence-corrected chi connectivity index (χ4v) is 1.88. The number of nitrogens with one attached hydrogen (secondary N) is 2. The van der Waals surface area contributed by atoms with Crippen LogP contribution in [0.4, 0.5) is 0 Å². The van der Waals surface area contributed by atoms with E-state index in [2.05, 4.69) is 15.3 Å². The Morgan fingerprint density at radius 2 is 2.69 bits per heavy atom. The van der Waals surface area contributed by atoms with E-state index in [0.717, 1.165) is 25.1 Å². The van der Waals surface area contributed by atoms with Gasteiger partial charge in [0.25, 0.3) is 0 Å². The minimum Gasteiger partial charge on any atom is -0.368 e. The lowest BCUT2D eigenvalue weighted by molar-refractivity contribution is -0.130. The zero-order valence-electron chi connectivity index (χ0n) is 9.40. The Bertz CT molecular complexity index is 331. The van der Waals surface area contributed by atoms with Gasteiger partial charge in [0, 0.05) is 19.0 Å². The molecule has 1 saturated heterocycles. The Hall–Kier alpha value is -1.36. The molecule has 1 aliphatic rings. The molecule has 16 heavy (non-hydrogen) atoms. The molecular weight excluding hydrogens is 206 g/mol. The lowest BCUT2D eigenvalue weighted by Crippen LogP contribution is -2.37. The highest BCUT2D eigenvalue weighted by molar-refractivity contribution is 5.81. The van der Waals surface area contributed by atoms with Gasteiger partial charge in [-0.05, 0) is 19.3 Å². The molecule has 2 N–H and O–H groups in total. The van der Waals surface area contributed by atoms with Crippen molar-refractivity contribution in [1.82, 2.24) is 15.3 Å². The number of hydrogen-bond donors (Lipinski definition) is 2. The average Bonchev–Trinajstić information content (AvgIpc) is 2.96. The smallest absolute Gasteiger partial charge is 0.249 e. The van der Waals surface area contributed by atoms with Crippen LogP contribution in [0.15, 0.2) is 12.4 Å². The number of rotatable bonds is 4. The largest absolute Gasteiger partial charge is 0.368 e. The van der Waals surface area contributed by atoms with E-state index in [4.69, 9.17) is 4.74 Å². The highest BCUT2D eigenvalue weighted by Crippen LogP contribution is 2.16. The van der Waals surface area contributed by atoms with Crippen LogP contribution in [0, 0.1) is 0 Å². The maximum atomic E-state index is 11.8. The van der Waals surface area contributed by atoms with Crippen molar-refractivity contribution in [1.29, 1.82) is 0 Å². The molecule has 1 fully saturated rings. The molecule has 1 aromatic heterocycles. The van der Waals surface area contributed by atoms with Gasteiger partial charge in [-0.3, -0.25) is 4.79 Å². The average molecular weight is 223 g/mol. The van der Waals surface area contributed by atoms with Gasteiger partial charge in [0.1, 0.15) is 11.9 Å². The molecule has 0 bridgehead atoms. The first-order chi connectivity index (χ1) is 7.81. The van der Waals surface area contributed by atoms with Crippen LogP contribution in [-0.4, -0.2) is 28.6 Å². The summed E-state index contributed by atoms with van der Waals surface area (Å²) in [6.07, 6.45) is 5.78. The zero-order chi connectivity index (χ0) is 11.4. The van der Waals surface area contributed by atoms with E-state index in [1.54, 1.807) is 12.4 Å². The Morgan fingerprint density at radius 1 is 1.81 bits per heavy atom. The summed E-state index contributed by atoms with van der Waals surface area (Å²) >= 11 is 0. The molecule has 2 heterocycles. The van der Waals surface area contributed by atoms with E-state index in [9.17, 15) is 4.79 Å². The van der Waals surface area contributed by atoms with Crippen LogP contribution in [0.1, 0.15) is 38.1 Å². The maximum absolute atomic E-state index is 11.8. The summed E-state index contributed by atoms with van der Waals surface area (Å²) in [4.78, 5) is 19.0. The predicted molar refractivity (Wildman–Crippen MR) is 58.7 cm³/mol. The topological polar surface area (TPSA) is 67.0 Å². The number of carbonyl (C=O) groups is 1. The molecule has 1 aromatic rings. The van der Waals surface area contributed by atoms with Crippen LogP contribution >= 0.6 is 0 Å². The molecule has 0 radical (unpaired) electrons. The SMILES string of the molecule is CCC(NC(=O)[C@@H]1CCCO1)c1ncc[nH]1. The van der Waals surface area contributed by atoms with Crippen molar-refractivity contribution in [3.63, 3.8) is 0 Å². The van der Waals surface area contributed by atoms with Crippen LogP contribution in [0.3, 0.4) is 0 Å². The van der Waals surface area contributed by atoms with Crippen LogP contribution < -0.4 is 5.32 Å². The quantitative estimate of drug-likeness (QED) is 0.804. The molecule has 5 nitrogen and oxygen atoms in total. The Labute approximate surface area is 94.6 Å². The number of hydrogen-bond acceptors (Lipinski definition) is 3. The summed E-state index contributed by atoms with van der Waals surface area (Å²) in [5, 5.41) is 2.95. The number of imidazole rings is 1. The van der Waals surface area contributed by atoms with E-state index in [-0.39, 0.29) is 18.1 Å². The summed E-state index contributed by atoms with van der Waals surface area (Å²) in [6, 6.07) is -0.0494. The highest BCUT2D eigenvalue weighted by atomic mass is 16.5. The number of nitrogens with zero attached hydrogens (tertiary/aromatic N) is 1. The van der Waals surface area contributed by atoms with Crippen molar-refractivity contribution in [2.75, 3.05) is 6.61 Å². The standard InChI is InChI=1S/C11H17N3O2/c1-2-8(10-12-5-6-13-10)14-11(15)9-4-3-7-16-9/h5-6,8-9H,2-4,7H2,1H3,(H,12,13)(H,14,15)/t8?,9-/m0/s1. The summed E-state index contributed by atoms with van der Waals surface area (Å²) in [5.74, 6) is 0.773. The van der Waals surface area contributed by atoms with Gasteiger partial charge in [0.2, 0.25) is 5.91 Å². The summed E-state index contributed by atoms with van der Waals surface area (Å²) in [5.41, 5.74) is 0. The zero-order valence-corrected chi connectivity index (χ0v) is 9.40. The van der Waals surface area contributed by atoms with Crippen LogP contribution in [0.5, 0.6) is 0 Å². The van der Waals surface area contributed by atoms with Gasteiger partial charge in [-0.25, -0.2) is 4.98 Å². The van der Waals surface area contributed by atoms with Crippen LogP contribution in [0.25, 0.3) is 0 Å². The molecule has 0 aromatic carbocycles. The number of amides is 1. The van der Waals surface area contributed by atoms with E-state index >= 15 is 0 Å². The highest BCUT2D eigenvalue weighted by Gasteiger charge is 2.26. The second-order valence-electron chi connectivity index (χ2n) is 3.95. The molecule has 0 aliphatic carbocycles. The number of carbonyl (C=O) groups excluding carboxylic acids is 1. The summed E-state index contributed by atoms with van der Waals surface area (Å²) < 4.78 is 5.33. The lowest BCUT2D eigenvalue weighted by Gasteiger charge is -2.17. The van der Waals surface area contributed by atoms with Crippen molar-refractivity contribution < 1.29 is 9.53 Å².